The van der Waals surface area contributed by atoms with Gasteiger partial charge < -0.3 is 0 Å². The van der Waals surface area contributed by atoms with Gasteiger partial charge in [-0.25, -0.2) is 9.97 Å². The van der Waals surface area contributed by atoms with E-state index in [1.165, 1.54) is 0 Å². The molecule has 0 bridgehead atoms. The molecule has 0 saturated carbocycles. The fraction of sp³-hybridized carbons (Fsp3) is 0. The van der Waals surface area contributed by atoms with Crippen molar-refractivity contribution >= 4 is 21.5 Å². The second kappa shape index (κ2) is 12.1. The highest BCUT2D eigenvalue weighted by molar-refractivity contribution is 6.21. The summed E-state index contributed by atoms with van der Waals surface area (Å²) >= 11 is 0. The van der Waals surface area contributed by atoms with Gasteiger partial charge in [-0.3, -0.25) is 9.97 Å². The Bertz CT molecular complexity index is 2600. The molecule has 4 aromatic heterocycles. The van der Waals surface area contributed by atoms with Crippen molar-refractivity contribution in [2.75, 3.05) is 0 Å². The summed E-state index contributed by atoms with van der Waals surface area (Å²) < 4.78 is 0. The number of hydrogen-bond acceptors (Lipinski definition) is 6. The van der Waals surface area contributed by atoms with Crippen LogP contribution in [0, 0.1) is 22.7 Å². The van der Waals surface area contributed by atoms with Gasteiger partial charge in [0.25, 0.3) is 0 Å². The standard InChI is InChI=1S/C42H24N6/c43-21-27-18-31(25-45-23-27)37-12-6-14-39(47-37)41-33-10-4-5-11-34(33)42(36-20-30(16-17-35(36)41)29-8-2-1-3-9-29)40-15-7-13-38(48-40)32-19-28(22-44)24-46-26-32/h1-20,23-26H. The molecule has 8 rings (SSSR count). The number of rotatable bonds is 5. The minimum atomic E-state index is 0.484. The molecule has 8 aromatic rings. The zero-order chi connectivity index (χ0) is 32.5. The molecule has 0 aliphatic rings. The summed E-state index contributed by atoms with van der Waals surface area (Å²) in [6, 6.07) is 45.2. The maximum atomic E-state index is 9.49. The third kappa shape index (κ3) is 5.10. The van der Waals surface area contributed by atoms with Crippen LogP contribution in [0.2, 0.25) is 0 Å². The maximum absolute atomic E-state index is 9.49. The van der Waals surface area contributed by atoms with E-state index in [2.05, 4.69) is 70.6 Å². The highest BCUT2D eigenvalue weighted by Gasteiger charge is 2.20. The Morgan fingerprint density at radius 1 is 0.375 bits per heavy atom. The molecule has 4 aromatic carbocycles. The SMILES string of the molecule is N#Cc1cncc(-c2cccc(-c3c4ccccc4c(-c4cccc(-c5cncc(C#N)c5)n4)c4cc(-c5ccccc5)ccc34)n2)c1. The smallest absolute Gasteiger partial charge is 0.101 e. The van der Waals surface area contributed by atoms with Gasteiger partial charge in [0.2, 0.25) is 0 Å². The van der Waals surface area contributed by atoms with E-state index in [-0.39, 0.29) is 0 Å². The van der Waals surface area contributed by atoms with Crippen LogP contribution >= 0.6 is 0 Å². The quantitative estimate of drug-likeness (QED) is 0.179. The monoisotopic (exact) mass is 612 g/mol. The average Bonchev–Trinajstić information content (AvgIpc) is 3.17. The Morgan fingerprint density at radius 2 is 0.875 bits per heavy atom. The van der Waals surface area contributed by atoms with Crippen LogP contribution in [-0.4, -0.2) is 19.9 Å². The van der Waals surface area contributed by atoms with Crippen molar-refractivity contribution in [3.05, 3.63) is 157 Å². The number of hydrogen-bond donors (Lipinski definition) is 0. The highest BCUT2D eigenvalue weighted by Crippen LogP contribution is 2.44. The van der Waals surface area contributed by atoms with Gasteiger partial charge in [0.1, 0.15) is 12.1 Å². The Labute approximate surface area is 276 Å². The van der Waals surface area contributed by atoms with Crippen molar-refractivity contribution in [1.82, 2.24) is 19.9 Å². The molecule has 0 fully saturated rings. The van der Waals surface area contributed by atoms with Crippen LogP contribution in [0.15, 0.2) is 146 Å². The first-order valence-electron chi connectivity index (χ1n) is 15.4. The van der Waals surface area contributed by atoms with Crippen LogP contribution in [0.5, 0.6) is 0 Å². The summed E-state index contributed by atoms with van der Waals surface area (Å²) in [5, 5.41) is 23.1. The molecule has 0 atom stereocenters. The predicted octanol–water partition coefficient (Wildman–Crippen LogP) is 9.65. The number of nitrogens with zero attached hydrogens (tertiary/aromatic N) is 6. The Kier molecular flexibility index (Phi) is 7.15. The molecule has 0 radical (unpaired) electrons. The lowest BCUT2D eigenvalue weighted by Crippen LogP contribution is -1.96. The molecular weight excluding hydrogens is 589 g/mol. The second-order valence-electron chi connectivity index (χ2n) is 11.4. The minimum Gasteiger partial charge on any atom is -0.263 e. The van der Waals surface area contributed by atoms with Crippen LogP contribution in [0.1, 0.15) is 11.1 Å². The molecular formula is C42H24N6. The van der Waals surface area contributed by atoms with Crippen molar-refractivity contribution in [3.63, 3.8) is 0 Å². The van der Waals surface area contributed by atoms with Crippen molar-refractivity contribution in [2.24, 2.45) is 0 Å². The average molecular weight is 613 g/mol. The van der Waals surface area contributed by atoms with Gasteiger partial charge in [0, 0.05) is 47.0 Å². The maximum Gasteiger partial charge on any atom is 0.101 e. The lowest BCUT2D eigenvalue weighted by Gasteiger charge is -2.18. The summed E-state index contributed by atoms with van der Waals surface area (Å²) in [5.74, 6) is 0. The largest absolute Gasteiger partial charge is 0.263 e. The van der Waals surface area contributed by atoms with Crippen molar-refractivity contribution in [2.45, 2.75) is 0 Å². The topological polar surface area (TPSA) is 99.1 Å². The number of nitriles is 2. The Balaban J connectivity index is 1.42. The van der Waals surface area contributed by atoms with Gasteiger partial charge in [0.05, 0.1) is 33.9 Å². The summed E-state index contributed by atoms with van der Waals surface area (Å²) in [7, 11) is 0. The summed E-state index contributed by atoms with van der Waals surface area (Å²) in [5.41, 5.74) is 9.86. The van der Waals surface area contributed by atoms with E-state index in [9.17, 15) is 10.5 Å². The normalized spacial score (nSPS) is 10.9. The molecule has 222 valence electrons. The first kappa shape index (κ1) is 28.5. The highest BCUT2D eigenvalue weighted by atomic mass is 14.7. The molecule has 0 saturated heterocycles. The fourth-order valence-electron chi connectivity index (χ4n) is 6.29. The van der Waals surface area contributed by atoms with E-state index >= 15 is 0 Å². The molecule has 0 aliphatic heterocycles. The minimum absolute atomic E-state index is 0.484. The van der Waals surface area contributed by atoms with Crippen LogP contribution in [-0.2, 0) is 0 Å². The summed E-state index contributed by atoms with van der Waals surface area (Å²) in [6.45, 7) is 0. The lowest BCUT2D eigenvalue weighted by atomic mass is 9.87. The van der Waals surface area contributed by atoms with Gasteiger partial charge in [-0.1, -0.05) is 78.9 Å². The molecule has 4 heterocycles. The van der Waals surface area contributed by atoms with Crippen molar-refractivity contribution in [1.29, 1.82) is 10.5 Å². The van der Waals surface area contributed by atoms with Gasteiger partial charge in [0.15, 0.2) is 0 Å². The van der Waals surface area contributed by atoms with Gasteiger partial charge >= 0.3 is 0 Å². The van der Waals surface area contributed by atoms with Crippen LogP contribution in [0.4, 0.5) is 0 Å². The van der Waals surface area contributed by atoms with Crippen molar-refractivity contribution in [3.8, 4) is 68.3 Å². The lowest BCUT2D eigenvalue weighted by molar-refractivity contribution is 1.27. The Hall–Kier alpha value is -7.02. The second-order valence-corrected chi connectivity index (χ2v) is 11.4. The Morgan fingerprint density at radius 3 is 1.44 bits per heavy atom. The van der Waals surface area contributed by atoms with Crippen molar-refractivity contribution < 1.29 is 0 Å². The molecule has 6 nitrogen and oxygen atoms in total. The van der Waals surface area contributed by atoms with E-state index in [1.54, 1.807) is 24.8 Å². The molecule has 0 aliphatic carbocycles. The predicted molar refractivity (Wildman–Crippen MR) is 189 cm³/mol. The molecule has 0 spiro atoms. The van der Waals surface area contributed by atoms with Crippen LogP contribution in [0.25, 0.3) is 77.7 Å². The van der Waals surface area contributed by atoms with E-state index in [1.807, 2.05) is 72.8 Å². The zero-order valence-electron chi connectivity index (χ0n) is 25.5. The first-order valence-corrected chi connectivity index (χ1v) is 15.4. The van der Waals surface area contributed by atoms with Gasteiger partial charge in [-0.15, -0.1) is 0 Å². The zero-order valence-corrected chi connectivity index (χ0v) is 25.5. The molecule has 6 heteroatoms. The van der Waals surface area contributed by atoms with Crippen LogP contribution in [0.3, 0.4) is 0 Å². The molecule has 0 amide bonds. The number of fused-ring (bicyclic) bond motifs is 2. The third-order valence-electron chi connectivity index (χ3n) is 8.47. The number of aromatic nitrogens is 4. The van der Waals surface area contributed by atoms with Gasteiger partial charge in [-0.05, 0) is 75.1 Å². The van der Waals surface area contributed by atoms with E-state index in [0.29, 0.717) is 11.1 Å². The first-order chi connectivity index (χ1) is 23.7. The van der Waals surface area contributed by atoms with E-state index in [4.69, 9.17) is 9.97 Å². The molecule has 48 heavy (non-hydrogen) atoms. The number of pyridine rings is 4. The third-order valence-corrected chi connectivity index (χ3v) is 8.47. The molecule has 0 unspecified atom stereocenters. The summed E-state index contributed by atoms with van der Waals surface area (Å²) in [4.78, 5) is 18.9. The van der Waals surface area contributed by atoms with Gasteiger partial charge in [-0.2, -0.15) is 10.5 Å². The van der Waals surface area contributed by atoms with E-state index < -0.39 is 0 Å². The summed E-state index contributed by atoms with van der Waals surface area (Å²) in [6.07, 6.45) is 6.58. The van der Waals surface area contributed by atoms with Crippen LogP contribution < -0.4 is 0 Å². The number of benzene rings is 4. The molecule has 0 N–H and O–H groups in total. The van der Waals surface area contributed by atoms with E-state index in [0.717, 1.165) is 77.7 Å². The fourth-order valence-corrected chi connectivity index (χ4v) is 6.29.